The topological polar surface area (TPSA) is 50.2 Å². The number of aliphatic carboxylic acids is 1. The Morgan fingerprint density at radius 1 is 1.75 bits per heavy atom. The number of pyridine rings is 1. The first kappa shape index (κ1) is 9.73. The molecule has 0 amide bonds. The number of halogens is 2. The summed E-state index contributed by atoms with van der Waals surface area (Å²) < 4.78 is 0.708. The van der Waals surface area contributed by atoms with E-state index in [2.05, 4.69) is 4.98 Å². The van der Waals surface area contributed by atoms with Gasteiger partial charge < -0.3 is 5.11 Å². The number of nitrogens with zero attached hydrogens (tertiary/aromatic N) is 1. The average molecular weight is 297 g/mol. The van der Waals surface area contributed by atoms with E-state index in [-0.39, 0.29) is 6.42 Å². The van der Waals surface area contributed by atoms with Crippen molar-refractivity contribution < 1.29 is 9.90 Å². The summed E-state index contributed by atoms with van der Waals surface area (Å²) in [6.07, 6.45) is 1.49. The Labute approximate surface area is 87.9 Å². The molecule has 1 aromatic heterocycles. The van der Waals surface area contributed by atoms with E-state index >= 15 is 0 Å². The Morgan fingerprint density at radius 2 is 2.42 bits per heavy atom. The van der Waals surface area contributed by atoms with Crippen LogP contribution >= 0.6 is 34.2 Å². The number of rotatable bonds is 2. The minimum atomic E-state index is -0.866. The minimum absolute atomic E-state index is 0.0134. The van der Waals surface area contributed by atoms with Gasteiger partial charge in [0, 0.05) is 6.20 Å². The molecule has 1 aromatic rings. The number of hydrogen-bond donors (Lipinski definition) is 1. The maximum absolute atomic E-state index is 10.4. The number of hydrogen-bond acceptors (Lipinski definition) is 2. The van der Waals surface area contributed by atoms with Gasteiger partial charge in [0.15, 0.2) is 0 Å². The van der Waals surface area contributed by atoms with Crippen molar-refractivity contribution in [3.8, 4) is 0 Å². The van der Waals surface area contributed by atoms with Crippen LogP contribution in [-0.4, -0.2) is 16.1 Å². The predicted molar refractivity (Wildman–Crippen MR) is 53.3 cm³/mol. The summed E-state index contributed by atoms with van der Waals surface area (Å²) in [5.41, 5.74) is 0.697. The summed E-state index contributed by atoms with van der Waals surface area (Å²) in [5.74, 6) is -0.866. The lowest BCUT2D eigenvalue weighted by atomic mass is 10.2. The number of carboxylic acids is 1. The van der Waals surface area contributed by atoms with Gasteiger partial charge in [-0.05, 0) is 34.2 Å². The molecular formula is C7H5ClINO2. The van der Waals surface area contributed by atoms with Crippen LogP contribution in [0, 0.1) is 3.57 Å². The van der Waals surface area contributed by atoms with Gasteiger partial charge in [0.2, 0.25) is 0 Å². The summed E-state index contributed by atoms with van der Waals surface area (Å²) in [4.78, 5) is 14.2. The smallest absolute Gasteiger partial charge is 0.307 e. The standard InChI is InChI=1S/C7H5ClINO2/c8-7-6(9)4(1-2-10-7)3-5(11)12/h1-2H,3H2,(H,11,12). The fraction of sp³-hybridized carbons (Fsp3) is 0.143. The van der Waals surface area contributed by atoms with Crippen molar-refractivity contribution in [1.29, 1.82) is 0 Å². The summed E-state index contributed by atoms with van der Waals surface area (Å²) in [6.45, 7) is 0. The van der Waals surface area contributed by atoms with Crippen LogP contribution in [0.25, 0.3) is 0 Å². The van der Waals surface area contributed by atoms with Crippen molar-refractivity contribution in [1.82, 2.24) is 4.98 Å². The number of aromatic nitrogens is 1. The van der Waals surface area contributed by atoms with E-state index in [9.17, 15) is 4.79 Å². The first-order chi connectivity index (χ1) is 5.61. The van der Waals surface area contributed by atoms with E-state index in [1.54, 1.807) is 6.07 Å². The van der Waals surface area contributed by atoms with Crippen LogP contribution in [0.15, 0.2) is 12.3 Å². The highest BCUT2D eigenvalue weighted by atomic mass is 127. The minimum Gasteiger partial charge on any atom is -0.481 e. The van der Waals surface area contributed by atoms with Crippen LogP contribution in [0.3, 0.4) is 0 Å². The van der Waals surface area contributed by atoms with Gasteiger partial charge in [0.25, 0.3) is 0 Å². The first-order valence-corrected chi connectivity index (χ1v) is 4.57. The fourth-order valence-corrected chi connectivity index (χ4v) is 1.44. The van der Waals surface area contributed by atoms with Crippen LogP contribution in [0.1, 0.15) is 5.56 Å². The largest absolute Gasteiger partial charge is 0.481 e. The molecule has 0 aromatic carbocycles. The third-order valence-electron chi connectivity index (χ3n) is 1.27. The van der Waals surface area contributed by atoms with Crippen molar-refractivity contribution in [2.24, 2.45) is 0 Å². The molecule has 0 aliphatic carbocycles. The molecule has 0 radical (unpaired) electrons. The lowest BCUT2D eigenvalue weighted by Gasteiger charge is -2.00. The number of carboxylic acid groups (broad SMARTS) is 1. The molecule has 12 heavy (non-hydrogen) atoms. The Morgan fingerprint density at radius 3 is 3.00 bits per heavy atom. The van der Waals surface area contributed by atoms with Crippen molar-refractivity contribution >= 4 is 40.2 Å². The molecule has 0 saturated carbocycles. The molecule has 0 spiro atoms. The molecule has 0 saturated heterocycles. The highest BCUT2D eigenvalue weighted by molar-refractivity contribution is 14.1. The van der Waals surface area contributed by atoms with E-state index in [0.717, 1.165) is 0 Å². The Kier molecular flexibility index (Phi) is 3.28. The third-order valence-corrected chi connectivity index (χ3v) is 3.08. The van der Waals surface area contributed by atoms with E-state index < -0.39 is 5.97 Å². The number of carbonyl (C=O) groups is 1. The zero-order valence-corrected chi connectivity index (χ0v) is 8.83. The molecule has 1 heterocycles. The van der Waals surface area contributed by atoms with E-state index in [4.69, 9.17) is 16.7 Å². The van der Waals surface area contributed by atoms with Gasteiger partial charge in [-0.15, -0.1) is 0 Å². The third kappa shape index (κ3) is 2.31. The molecule has 3 nitrogen and oxygen atoms in total. The first-order valence-electron chi connectivity index (χ1n) is 3.12. The Bertz CT molecular complexity index is 316. The molecular weight excluding hydrogens is 292 g/mol. The van der Waals surface area contributed by atoms with Crippen molar-refractivity contribution in [2.45, 2.75) is 6.42 Å². The van der Waals surface area contributed by atoms with Gasteiger partial charge in [-0.2, -0.15) is 0 Å². The highest BCUT2D eigenvalue weighted by Crippen LogP contribution is 2.19. The summed E-state index contributed by atoms with van der Waals surface area (Å²) >= 11 is 7.67. The summed E-state index contributed by atoms with van der Waals surface area (Å²) in [5, 5.41) is 8.87. The molecule has 0 atom stereocenters. The SMILES string of the molecule is O=C(O)Cc1ccnc(Cl)c1I. The molecule has 0 bridgehead atoms. The van der Waals surface area contributed by atoms with Crippen molar-refractivity contribution in [3.63, 3.8) is 0 Å². The molecule has 1 N–H and O–H groups in total. The van der Waals surface area contributed by atoms with Gasteiger partial charge >= 0.3 is 5.97 Å². The van der Waals surface area contributed by atoms with E-state index in [0.29, 0.717) is 14.3 Å². The van der Waals surface area contributed by atoms with Crippen LogP contribution in [0.2, 0.25) is 5.15 Å². The maximum atomic E-state index is 10.4. The maximum Gasteiger partial charge on any atom is 0.307 e. The molecule has 0 aliphatic heterocycles. The average Bonchev–Trinajstić information content (AvgIpc) is 1.98. The van der Waals surface area contributed by atoms with Crippen LogP contribution < -0.4 is 0 Å². The van der Waals surface area contributed by atoms with Gasteiger partial charge in [0.05, 0.1) is 9.99 Å². The van der Waals surface area contributed by atoms with Crippen LogP contribution in [-0.2, 0) is 11.2 Å². The van der Waals surface area contributed by atoms with Crippen molar-refractivity contribution in [2.75, 3.05) is 0 Å². The van der Waals surface area contributed by atoms with E-state index in [1.165, 1.54) is 6.20 Å². The molecule has 0 aliphatic rings. The molecule has 1 rings (SSSR count). The van der Waals surface area contributed by atoms with Crippen LogP contribution in [0.5, 0.6) is 0 Å². The Balaban J connectivity index is 3.00. The van der Waals surface area contributed by atoms with Crippen molar-refractivity contribution in [3.05, 3.63) is 26.5 Å². The molecule has 0 unspecified atom stereocenters. The predicted octanol–water partition coefficient (Wildman–Crippen LogP) is 1.97. The van der Waals surface area contributed by atoms with Gasteiger partial charge in [-0.3, -0.25) is 4.79 Å². The lowest BCUT2D eigenvalue weighted by Crippen LogP contribution is -2.02. The van der Waals surface area contributed by atoms with Gasteiger partial charge in [0.1, 0.15) is 5.15 Å². The second-order valence-corrected chi connectivity index (χ2v) is 3.58. The second-order valence-electron chi connectivity index (χ2n) is 2.15. The monoisotopic (exact) mass is 297 g/mol. The highest BCUT2D eigenvalue weighted by Gasteiger charge is 2.07. The molecule has 5 heteroatoms. The normalized spacial score (nSPS) is 9.83. The summed E-state index contributed by atoms with van der Waals surface area (Å²) in [7, 11) is 0. The quantitative estimate of drug-likeness (QED) is 0.671. The fourth-order valence-electron chi connectivity index (χ4n) is 0.754. The zero-order chi connectivity index (χ0) is 9.14. The van der Waals surface area contributed by atoms with Gasteiger partial charge in [-0.25, -0.2) is 4.98 Å². The summed E-state index contributed by atoms with van der Waals surface area (Å²) in [6, 6.07) is 1.65. The lowest BCUT2D eigenvalue weighted by molar-refractivity contribution is -0.136. The van der Waals surface area contributed by atoms with E-state index in [1.807, 2.05) is 22.6 Å². The Hall–Kier alpha value is -0.360. The second kappa shape index (κ2) is 4.04. The molecule has 0 fully saturated rings. The zero-order valence-electron chi connectivity index (χ0n) is 5.92. The molecule has 64 valence electrons. The van der Waals surface area contributed by atoms with Crippen LogP contribution in [0.4, 0.5) is 0 Å². The van der Waals surface area contributed by atoms with Gasteiger partial charge in [-0.1, -0.05) is 11.6 Å².